The molecule has 0 bridgehead atoms. The standard InChI is InChI=1S/C18H20O3/c1-3-7-15-10-11-17(18(14-15)19-2)21-13-12-20-16-8-5-4-6-9-16/h3-11,14H,12-13H2,1-2H3. The second-order valence-electron chi connectivity index (χ2n) is 4.42. The first kappa shape index (κ1) is 15.0. The first-order valence-electron chi connectivity index (χ1n) is 6.95. The molecule has 0 aliphatic carbocycles. The van der Waals surface area contributed by atoms with Crippen molar-refractivity contribution >= 4 is 6.08 Å². The molecule has 0 aliphatic rings. The van der Waals surface area contributed by atoms with E-state index in [2.05, 4.69) is 0 Å². The molecule has 0 heterocycles. The highest BCUT2D eigenvalue weighted by atomic mass is 16.5. The quantitative estimate of drug-likeness (QED) is 0.714. The van der Waals surface area contributed by atoms with Gasteiger partial charge in [-0.1, -0.05) is 36.4 Å². The molecule has 0 fully saturated rings. The van der Waals surface area contributed by atoms with E-state index in [0.717, 1.165) is 22.8 Å². The lowest BCUT2D eigenvalue weighted by molar-refractivity contribution is 0.211. The lowest BCUT2D eigenvalue weighted by Crippen LogP contribution is -2.09. The van der Waals surface area contributed by atoms with Crippen molar-refractivity contribution in [3.8, 4) is 17.2 Å². The average Bonchev–Trinajstić information content (AvgIpc) is 2.53. The van der Waals surface area contributed by atoms with Gasteiger partial charge in [0.15, 0.2) is 11.5 Å². The van der Waals surface area contributed by atoms with Crippen LogP contribution in [-0.2, 0) is 0 Å². The minimum atomic E-state index is 0.466. The number of allylic oxidation sites excluding steroid dienone is 1. The summed E-state index contributed by atoms with van der Waals surface area (Å²) in [7, 11) is 1.64. The van der Waals surface area contributed by atoms with Crippen LogP contribution in [0.15, 0.2) is 54.6 Å². The topological polar surface area (TPSA) is 27.7 Å². The number of methoxy groups -OCH3 is 1. The fraction of sp³-hybridized carbons (Fsp3) is 0.222. The Morgan fingerprint density at radius 2 is 1.67 bits per heavy atom. The third-order valence-electron chi connectivity index (χ3n) is 2.90. The molecule has 0 N–H and O–H groups in total. The molecular formula is C18H20O3. The summed E-state index contributed by atoms with van der Waals surface area (Å²) in [5.41, 5.74) is 1.09. The molecule has 3 nitrogen and oxygen atoms in total. The maximum atomic E-state index is 5.71. The lowest BCUT2D eigenvalue weighted by atomic mass is 10.2. The first-order valence-corrected chi connectivity index (χ1v) is 6.95. The van der Waals surface area contributed by atoms with Gasteiger partial charge in [0.25, 0.3) is 0 Å². The Morgan fingerprint density at radius 1 is 0.905 bits per heavy atom. The summed E-state index contributed by atoms with van der Waals surface area (Å²) in [6, 6.07) is 15.6. The fourth-order valence-corrected chi connectivity index (χ4v) is 1.93. The zero-order valence-corrected chi connectivity index (χ0v) is 12.4. The zero-order valence-electron chi connectivity index (χ0n) is 12.4. The summed E-state index contributed by atoms with van der Waals surface area (Å²) in [4.78, 5) is 0. The average molecular weight is 284 g/mol. The Kier molecular flexibility index (Phi) is 5.71. The van der Waals surface area contributed by atoms with Gasteiger partial charge in [-0.15, -0.1) is 0 Å². The van der Waals surface area contributed by atoms with Crippen molar-refractivity contribution in [1.82, 2.24) is 0 Å². The molecule has 0 unspecified atom stereocenters. The summed E-state index contributed by atoms with van der Waals surface area (Å²) >= 11 is 0. The van der Waals surface area contributed by atoms with Gasteiger partial charge in [0.2, 0.25) is 0 Å². The van der Waals surface area contributed by atoms with Gasteiger partial charge < -0.3 is 14.2 Å². The van der Waals surface area contributed by atoms with Crippen LogP contribution < -0.4 is 14.2 Å². The third-order valence-corrected chi connectivity index (χ3v) is 2.90. The molecule has 0 spiro atoms. The van der Waals surface area contributed by atoms with E-state index in [1.807, 2.05) is 67.6 Å². The van der Waals surface area contributed by atoms with Crippen LogP contribution >= 0.6 is 0 Å². The molecule has 0 saturated heterocycles. The largest absolute Gasteiger partial charge is 0.493 e. The molecule has 21 heavy (non-hydrogen) atoms. The maximum absolute atomic E-state index is 5.71. The van der Waals surface area contributed by atoms with Crippen LogP contribution in [0.3, 0.4) is 0 Å². The van der Waals surface area contributed by atoms with Gasteiger partial charge in [-0.05, 0) is 36.8 Å². The van der Waals surface area contributed by atoms with E-state index in [1.165, 1.54) is 0 Å². The molecule has 0 atom stereocenters. The Morgan fingerprint density at radius 3 is 2.38 bits per heavy atom. The Balaban J connectivity index is 1.88. The van der Waals surface area contributed by atoms with E-state index in [0.29, 0.717) is 13.2 Å². The SMILES string of the molecule is CC=Cc1ccc(OCCOc2ccccc2)c(OC)c1. The molecular weight excluding hydrogens is 264 g/mol. The molecule has 0 aliphatic heterocycles. The Labute approximate surface area is 125 Å². The summed E-state index contributed by atoms with van der Waals surface area (Å²) in [6.45, 7) is 2.94. The normalized spacial score (nSPS) is 10.6. The predicted octanol–water partition coefficient (Wildman–Crippen LogP) is 4.19. The molecule has 3 heteroatoms. The maximum Gasteiger partial charge on any atom is 0.161 e. The second-order valence-corrected chi connectivity index (χ2v) is 4.42. The molecule has 0 aromatic heterocycles. The minimum Gasteiger partial charge on any atom is -0.493 e. The molecule has 2 rings (SSSR count). The van der Waals surface area contributed by atoms with Crippen molar-refractivity contribution in [2.45, 2.75) is 6.92 Å². The number of para-hydroxylation sites is 1. The molecule has 2 aromatic carbocycles. The highest BCUT2D eigenvalue weighted by molar-refractivity contribution is 5.55. The molecule has 110 valence electrons. The van der Waals surface area contributed by atoms with Crippen molar-refractivity contribution in [3.63, 3.8) is 0 Å². The molecule has 2 aromatic rings. The smallest absolute Gasteiger partial charge is 0.161 e. The van der Waals surface area contributed by atoms with Crippen molar-refractivity contribution in [2.24, 2.45) is 0 Å². The lowest BCUT2D eigenvalue weighted by Gasteiger charge is -2.12. The van der Waals surface area contributed by atoms with E-state index in [-0.39, 0.29) is 0 Å². The Hall–Kier alpha value is -2.42. The van der Waals surface area contributed by atoms with Crippen LogP contribution in [-0.4, -0.2) is 20.3 Å². The zero-order chi connectivity index (χ0) is 14.9. The molecule has 0 amide bonds. The fourth-order valence-electron chi connectivity index (χ4n) is 1.93. The van der Waals surface area contributed by atoms with Crippen LogP contribution in [0.1, 0.15) is 12.5 Å². The number of hydrogen-bond donors (Lipinski definition) is 0. The van der Waals surface area contributed by atoms with E-state index in [9.17, 15) is 0 Å². The number of rotatable bonds is 7. The van der Waals surface area contributed by atoms with E-state index in [4.69, 9.17) is 14.2 Å². The van der Waals surface area contributed by atoms with E-state index < -0.39 is 0 Å². The van der Waals surface area contributed by atoms with Gasteiger partial charge in [-0.25, -0.2) is 0 Å². The van der Waals surface area contributed by atoms with Crippen LogP contribution in [0, 0.1) is 0 Å². The highest BCUT2D eigenvalue weighted by Crippen LogP contribution is 2.28. The van der Waals surface area contributed by atoms with Gasteiger partial charge in [0.1, 0.15) is 19.0 Å². The van der Waals surface area contributed by atoms with Gasteiger partial charge in [-0.3, -0.25) is 0 Å². The number of ether oxygens (including phenoxy) is 3. The first-order chi connectivity index (χ1) is 10.3. The van der Waals surface area contributed by atoms with E-state index in [1.54, 1.807) is 7.11 Å². The minimum absolute atomic E-state index is 0.466. The van der Waals surface area contributed by atoms with Crippen LogP contribution in [0.2, 0.25) is 0 Å². The predicted molar refractivity (Wildman–Crippen MR) is 85.1 cm³/mol. The van der Waals surface area contributed by atoms with Crippen molar-refractivity contribution in [1.29, 1.82) is 0 Å². The van der Waals surface area contributed by atoms with Gasteiger partial charge >= 0.3 is 0 Å². The van der Waals surface area contributed by atoms with Gasteiger partial charge in [0.05, 0.1) is 7.11 Å². The molecule has 0 saturated carbocycles. The van der Waals surface area contributed by atoms with Gasteiger partial charge in [-0.2, -0.15) is 0 Å². The summed E-state index contributed by atoms with van der Waals surface area (Å²) in [5.74, 6) is 2.30. The third kappa shape index (κ3) is 4.56. The van der Waals surface area contributed by atoms with Crippen LogP contribution in [0.5, 0.6) is 17.2 Å². The molecule has 0 radical (unpaired) electrons. The monoisotopic (exact) mass is 284 g/mol. The van der Waals surface area contributed by atoms with Crippen LogP contribution in [0.4, 0.5) is 0 Å². The van der Waals surface area contributed by atoms with Gasteiger partial charge in [0, 0.05) is 0 Å². The summed E-state index contributed by atoms with van der Waals surface area (Å²) in [5, 5.41) is 0. The van der Waals surface area contributed by atoms with Crippen molar-refractivity contribution in [2.75, 3.05) is 20.3 Å². The van der Waals surface area contributed by atoms with Crippen molar-refractivity contribution in [3.05, 3.63) is 60.2 Å². The number of hydrogen-bond acceptors (Lipinski definition) is 3. The van der Waals surface area contributed by atoms with E-state index >= 15 is 0 Å². The Bertz CT molecular complexity index is 576. The second kappa shape index (κ2) is 8.00. The summed E-state index contributed by atoms with van der Waals surface area (Å²) < 4.78 is 16.6. The number of benzene rings is 2. The highest BCUT2D eigenvalue weighted by Gasteiger charge is 2.04. The van der Waals surface area contributed by atoms with Crippen LogP contribution in [0.25, 0.3) is 6.08 Å². The van der Waals surface area contributed by atoms with Crippen molar-refractivity contribution < 1.29 is 14.2 Å². The summed E-state index contributed by atoms with van der Waals surface area (Å²) in [6.07, 6.45) is 4.01.